The number of benzene rings is 1. The first-order chi connectivity index (χ1) is 11.7. The van der Waals surface area contributed by atoms with Crippen molar-refractivity contribution in [3.8, 4) is 0 Å². The van der Waals surface area contributed by atoms with Gasteiger partial charge in [0.05, 0.1) is 22.5 Å². The summed E-state index contributed by atoms with van der Waals surface area (Å²) in [5, 5.41) is 11.1. The van der Waals surface area contributed by atoms with Crippen molar-refractivity contribution in [2.45, 2.75) is 17.7 Å². The topological polar surface area (TPSA) is 92.3 Å². The van der Waals surface area contributed by atoms with Crippen molar-refractivity contribution >= 4 is 61.4 Å². The molecule has 1 heterocycles. The molecule has 2 aromatic rings. The molecular weight excluding hydrogens is 404 g/mol. The number of carbonyl (C=O) groups is 1. The van der Waals surface area contributed by atoms with Gasteiger partial charge in [0.1, 0.15) is 0 Å². The quantitative estimate of drug-likeness (QED) is 0.545. The summed E-state index contributed by atoms with van der Waals surface area (Å²) in [7, 11) is -1.99. The van der Waals surface area contributed by atoms with E-state index in [0.717, 1.165) is 27.1 Å². The average molecular weight is 421 g/mol. The number of carbonyl (C=O) groups excluding carboxylic acids is 1. The highest BCUT2D eigenvalue weighted by molar-refractivity contribution is 8.01. The predicted molar refractivity (Wildman–Crippen MR) is 104 cm³/mol. The molecule has 2 rings (SSSR count). The van der Waals surface area contributed by atoms with E-state index in [0.29, 0.717) is 10.8 Å². The molecule has 0 unspecified atom stereocenters. The maximum atomic E-state index is 12.3. The number of aromatic nitrogens is 2. The lowest BCUT2D eigenvalue weighted by Gasteiger charge is -2.17. The minimum Gasteiger partial charge on any atom is -0.296 e. The van der Waals surface area contributed by atoms with Crippen LogP contribution < -0.4 is 9.62 Å². The van der Waals surface area contributed by atoms with Crippen LogP contribution in [0.5, 0.6) is 0 Å². The molecule has 0 bridgehead atoms. The van der Waals surface area contributed by atoms with E-state index in [9.17, 15) is 13.2 Å². The molecule has 1 N–H and O–H groups in total. The number of hydrogen-bond donors (Lipinski definition) is 1. The summed E-state index contributed by atoms with van der Waals surface area (Å²) in [6.07, 6.45) is 2.11. The van der Waals surface area contributed by atoms with Crippen LogP contribution in [0, 0.1) is 0 Å². The summed E-state index contributed by atoms with van der Waals surface area (Å²) in [6, 6.07) is 4.42. The number of nitrogens with one attached hydrogen (secondary N) is 1. The number of rotatable bonds is 7. The van der Waals surface area contributed by atoms with Gasteiger partial charge in [-0.25, -0.2) is 8.42 Å². The first-order valence-corrected chi connectivity index (χ1v) is 11.3. The molecule has 136 valence electrons. The molecule has 0 spiro atoms. The molecule has 0 saturated heterocycles. The van der Waals surface area contributed by atoms with Crippen molar-refractivity contribution in [1.82, 2.24) is 10.2 Å². The fourth-order valence-corrected chi connectivity index (χ4v) is 4.18. The number of thioether (sulfide) groups is 1. The van der Waals surface area contributed by atoms with Gasteiger partial charge in [-0.05, 0) is 24.6 Å². The summed E-state index contributed by atoms with van der Waals surface area (Å²) >= 11 is 9.01. The number of halogens is 1. The van der Waals surface area contributed by atoms with E-state index in [1.807, 2.05) is 0 Å². The van der Waals surface area contributed by atoms with Gasteiger partial charge in [0.15, 0.2) is 4.34 Å². The van der Waals surface area contributed by atoms with Crippen LogP contribution in [-0.2, 0) is 10.0 Å². The van der Waals surface area contributed by atoms with E-state index in [1.54, 1.807) is 11.8 Å². The van der Waals surface area contributed by atoms with E-state index in [-0.39, 0.29) is 10.6 Å². The molecule has 0 radical (unpaired) electrons. The van der Waals surface area contributed by atoms with E-state index in [1.165, 1.54) is 36.6 Å². The Kier molecular flexibility index (Phi) is 6.66. The van der Waals surface area contributed by atoms with Gasteiger partial charge in [-0.2, -0.15) is 0 Å². The molecule has 0 fully saturated rings. The Morgan fingerprint density at radius 3 is 2.72 bits per heavy atom. The summed E-state index contributed by atoms with van der Waals surface area (Å²) in [5.74, 6) is 0.505. The molecule has 1 amide bonds. The molecule has 25 heavy (non-hydrogen) atoms. The monoisotopic (exact) mass is 420 g/mol. The summed E-state index contributed by atoms with van der Waals surface area (Å²) in [5.41, 5.74) is 0.600. The third-order valence-corrected chi connectivity index (χ3v) is 6.81. The molecule has 0 aliphatic heterocycles. The van der Waals surface area contributed by atoms with Gasteiger partial charge in [-0.1, -0.05) is 41.6 Å². The lowest BCUT2D eigenvalue weighted by Crippen LogP contribution is -2.25. The molecule has 0 aliphatic carbocycles. The van der Waals surface area contributed by atoms with Crippen molar-refractivity contribution in [2.75, 3.05) is 28.7 Å². The Bertz CT molecular complexity index is 870. The van der Waals surface area contributed by atoms with Crippen molar-refractivity contribution < 1.29 is 13.2 Å². The van der Waals surface area contributed by atoms with E-state index in [2.05, 4.69) is 22.4 Å². The van der Waals surface area contributed by atoms with Gasteiger partial charge >= 0.3 is 0 Å². The Morgan fingerprint density at radius 1 is 1.40 bits per heavy atom. The second-order valence-corrected chi connectivity index (χ2v) is 9.81. The number of anilines is 2. The van der Waals surface area contributed by atoms with Gasteiger partial charge in [-0.15, -0.1) is 10.2 Å². The van der Waals surface area contributed by atoms with Crippen molar-refractivity contribution in [3.05, 3.63) is 28.8 Å². The third kappa shape index (κ3) is 5.30. The van der Waals surface area contributed by atoms with Crippen molar-refractivity contribution in [3.63, 3.8) is 0 Å². The van der Waals surface area contributed by atoms with E-state index >= 15 is 0 Å². The zero-order valence-corrected chi connectivity index (χ0v) is 17.0. The lowest BCUT2D eigenvalue weighted by molar-refractivity contribution is 0.102. The SMILES string of the molecule is CCCSc1nnc(NC(=O)c2ccc(N(C)S(C)(=O)=O)cc2Cl)s1. The normalized spacial score (nSPS) is 11.4. The molecular formula is C14H17ClN4O3S3. The van der Waals surface area contributed by atoms with Crippen LogP contribution in [0.4, 0.5) is 10.8 Å². The van der Waals surface area contributed by atoms with Crippen LogP contribution in [-0.4, -0.2) is 43.6 Å². The smallest absolute Gasteiger partial charge is 0.259 e. The Hall–Kier alpha value is -1.36. The molecule has 1 aromatic carbocycles. The molecule has 0 atom stereocenters. The molecule has 7 nitrogen and oxygen atoms in total. The lowest BCUT2D eigenvalue weighted by atomic mass is 10.2. The molecule has 0 aliphatic rings. The van der Waals surface area contributed by atoms with Gasteiger partial charge < -0.3 is 0 Å². The highest BCUT2D eigenvalue weighted by Gasteiger charge is 2.17. The maximum absolute atomic E-state index is 12.3. The standard InChI is InChI=1S/C14H17ClN4O3S3/c1-4-7-23-14-18-17-13(24-14)16-12(20)10-6-5-9(8-11(10)15)19(2)25(3,21)22/h5-6,8H,4,7H2,1-3H3,(H,16,17,20). The van der Waals surface area contributed by atoms with Gasteiger partial charge in [0, 0.05) is 12.8 Å². The highest BCUT2D eigenvalue weighted by Crippen LogP contribution is 2.28. The number of sulfonamides is 1. The second-order valence-electron chi connectivity index (χ2n) is 5.07. The number of amides is 1. The van der Waals surface area contributed by atoms with Crippen LogP contribution in [0.25, 0.3) is 0 Å². The van der Waals surface area contributed by atoms with Crippen LogP contribution in [0.15, 0.2) is 22.5 Å². The van der Waals surface area contributed by atoms with Crippen LogP contribution >= 0.6 is 34.7 Å². The largest absolute Gasteiger partial charge is 0.296 e. The Morgan fingerprint density at radius 2 is 2.12 bits per heavy atom. The second kappa shape index (κ2) is 8.35. The van der Waals surface area contributed by atoms with Gasteiger partial charge in [0.2, 0.25) is 15.2 Å². The average Bonchev–Trinajstić information content (AvgIpc) is 2.98. The fraction of sp³-hybridized carbons (Fsp3) is 0.357. The first kappa shape index (κ1) is 20.0. The van der Waals surface area contributed by atoms with E-state index < -0.39 is 15.9 Å². The molecule has 0 saturated carbocycles. The molecule has 1 aromatic heterocycles. The Labute approximate surface area is 159 Å². The predicted octanol–water partition coefficient (Wildman–Crippen LogP) is 3.34. The maximum Gasteiger partial charge on any atom is 0.259 e. The summed E-state index contributed by atoms with van der Waals surface area (Å²) in [4.78, 5) is 12.3. The van der Waals surface area contributed by atoms with Crippen molar-refractivity contribution in [1.29, 1.82) is 0 Å². The zero-order valence-electron chi connectivity index (χ0n) is 13.8. The van der Waals surface area contributed by atoms with Crippen LogP contribution in [0.2, 0.25) is 5.02 Å². The Balaban J connectivity index is 2.13. The number of nitrogens with zero attached hydrogens (tertiary/aromatic N) is 3. The summed E-state index contributed by atoms with van der Waals surface area (Å²) < 4.78 is 25.0. The fourth-order valence-electron chi connectivity index (χ4n) is 1.75. The van der Waals surface area contributed by atoms with Gasteiger partial charge in [0.25, 0.3) is 5.91 Å². The van der Waals surface area contributed by atoms with E-state index in [4.69, 9.17) is 11.6 Å². The summed E-state index contributed by atoms with van der Waals surface area (Å²) in [6.45, 7) is 2.07. The van der Waals surface area contributed by atoms with Crippen molar-refractivity contribution in [2.24, 2.45) is 0 Å². The highest BCUT2D eigenvalue weighted by atomic mass is 35.5. The third-order valence-electron chi connectivity index (χ3n) is 3.11. The number of hydrogen-bond acceptors (Lipinski definition) is 7. The molecule has 11 heteroatoms. The minimum absolute atomic E-state index is 0.149. The van der Waals surface area contributed by atoms with Gasteiger partial charge in [-0.3, -0.25) is 14.4 Å². The van der Waals surface area contributed by atoms with Crippen LogP contribution in [0.3, 0.4) is 0 Å². The minimum atomic E-state index is -3.40. The van der Waals surface area contributed by atoms with Crippen LogP contribution in [0.1, 0.15) is 23.7 Å². The first-order valence-electron chi connectivity index (χ1n) is 7.23. The zero-order chi connectivity index (χ0) is 18.6.